The number of aryl methyl sites for hydroxylation is 1. The summed E-state index contributed by atoms with van der Waals surface area (Å²) in [5, 5.41) is 0. The van der Waals surface area contributed by atoms with E-state index in [1.165, 1.54) is 21.7 Å². The third kappa shape index (κ3) is 4.13. The molecule has 0 saturated carbocycles. The van der Waals surface area contributed by atoms with Crippen LogP contribution in [0.15, 0.2) is 44.4 Å². The number of fused-ring (bicyclic) bond motifs is 1. The van der Waals surface area contributed by atoms with Gasteiger partial charge in [-0.3, -0.25) is 4.79 Å². The molecule has 30 heavy (non-hydrogen) atoms. The highest BCUT2D eigenvalue weighted by Crippen LogP contribution is 2.32. The summed E-state index contributed by atoms with van der Waals surface area (Å²) in [6.45, 7) is 0.305. The molecule has 0 aliphatic carbocycles. The quantitative estimate of drug-likeness (QED) is 0.498. The Bertz CT molecular complexity index is 1280. The second-order valence-corrected chi connectivity index (χ2v) is 12.6. The number of nitrogens with zero attached hydrogens (tertiary/aromatic N) is 3. The Hall–Kier alpha value is -1.17. The number of carbonyl (C=O) groups excluding carboxylic acids is 1. The smallest absolute Gasteiger partial charge is 0.266 e. The number of thioether (sulfide) groups is 1. The van der Waals surface area contributed by atoms with Crippen LogP contribution in [0.2, 0.25) is 4.34 Å². The molecule has 1 aliphatic rings. The van der Waals surface area contributed by atoms with Gasteiger partial charge < -0.3 is 4.57 Å². The van der Waals surface area contributed by atoms with Gasteiger partial charge in [0, 0.05) is 18.5 Å². The summed E-state index contributed by atoms with van der Waals surface area (Å²) in [5.41, 5.74) is 0.991. The highest BCUT2D eigenvalue weighted by molar-refractivity contribution is 7.98. The van der Waals surface area contributed by atoms with E-state index >= 15 is 0 Å². The minimum absolute atomic E-state index is 0.157. The number of sulfonamides is 1. The summed E-state index contributed by atoms with van der Waals surface area (Å²) < 4.78 is 31.0. The van der Waals surface area contributed by atoms with Crippen LogP contribution < -0.4 is 4.80 Å². The Kier molecular flexibility index (Phi) is 6.43. The van der Waals surface area contributed by atoms with Crippen molar-refractivity contribution in [1.82, 2.24) is 8.87 Å². The van der Waals surface area contributed by atoms with Crippen molar-refractivity contribution in [3.8, 4) is 0 Å². The standard InChI is InChI=1S/C19H20ClN3O3S4/c1-22-13-7-6-12(27-2)11-15(13)28-19(22)21-18(24)14-5-3-4-10-23(14)30(25,26)17-9-8-16(20)29-17/h6-9,11,14H,3-5,10H2,1-2H3. The fourth-order valence-corrected chi connectivity index (χ4v) is 8.35. The van der Waals surface area contributed by atoms with Crippen molar-refractivity contribution in [2.75, 3.05) is 12.8 Å². The number of halogens is 1. The molecule has 6 nitrogen and oxygen atoms in total. The summed E-state index contributed by atoms with van der Waals surface area (Å²) in [6.07, 6.45) is 3.99. The predicted octanol–water partition coefficient (Wildman–Crippen LogP) is 4.35. The van der Waals surface area contributed by atoms with Gasteiger partial charge in [-0.2, -0.15) is 9.30 Å². The van der Waals surface area contributed by atoms with Crippen molar-refractivity contribution < 1.29 is 13.2 Å². The number of hydrogen-bond acceptors (Lipinski definition) is 6. The molecular weight excluding hydrogens is 482 g/mol. The molecule has 0 spiro atoms. The minimum Gasteiger partial charge on any atom is -0.319 e. The molecule has 0 N–H and O–H groups in total. The third-order valence-corrected chi connectivity index (χ3v) is 10.5. The molecule has 11 heteroatoms. The number of hydrogen-bond donors (Lipinski definition) is 0. The van der Waals surface area contributed by atoms with Crippen LogP contribution in [0.25, 0.3) is 10.2 Å². The van der Waals surface area contributed by atoms with Crippen molar-refractivity contribution in [2.24, 2.45) is 12.0 Å². The number of benzene rings is 1. The van der Waals surface area contributed by atoms with Crippen LogP contribution >= 0.6 is 46.0 Å². The van der Waals surface area contributed by atoms with Crippen LogP contribution in [0.5, 0.6) is 0 Å². The highest BCUT2D eigenvalue weighted by atomic mass is 35.5. The molecule has 1 unspecified atom stereocenters. The van der Waals surface area contributed by atoms with E-state index in [0.29, 0.717) is 22.1 Å². The Labute approximate surface area is 192 Å². The lowest BCUT2D eigenvalue weighted by atomic mass is 10.0. The normalized spacial score (nSPS) is 18.9. The molecule has 1 saturated heterocycles. The molecule has 1 atom stereocenters. The summed E-state index contributed by atoms with van der Waals surface area (Å²) >= 11 is 10.0. The highest BCUT2D eigenvalue weighted by Gasteiger charge is 2.38. The van der Waals surface area contributed by atoms with Crippen LogP contribution in [0.3, 0.4) is 0 Å². The number of piperidine rings is 1. The molecule has 3 aromatic rings. The fraction of sp³-hybridized carbons (Fsp3) is 0.368. The average Bonchev–Trinajstić information content (AvgIpc) is 3.31. The van der Waals surface area contributed by atoms with E-state index in [1.54, 1.807) is 17.8 Å². The van der Waals surface area contributed by atoms with Gasteiger partial charge in [0.05, 0.1) is 14.6 Å². The minimum atomic E-state index is -3.79. The van der Waals surface area contributed by atoms with Gasteiger partial charge in [-0.05, 0) is 49.4 Å². The monoisotopic (exact) mass is 501 g/mol. The Morgan fingerprint density at radius 2 is 2.03 bits per heavy atom. The molecule has 3 heterocycles. The number of rotatable bonds is 4. The van der Waals surface area contributed by atoms with Gasteiger partial charge in [-0.15, -0.1) is 23.1 Å². The van der Waals surface area contributed by atoms with E-state index in [4.69, 9.17) is 11.6 Å². The number of thiazole rings is 1. The lowest BCUT2D eigenvalue weighted by Gasteiger charge is -2.31. The van der Waals surface area contributed by atoms with E-state index in [9.17, 15) is 13.2 Å². The molecular formula is C19H20ClN3O3S4. The van der Waals surface area contributed by atoms with Gasteiger partial charge in [0.25, 0.3) is 15.9 Å². The zero-order valence-electron chi connectivity index (χ0n) is 16.4. The topological polar surface area (TPSA) is 71.7 Å². The second kappa shape index (κ2) is 8.76. The van der Waals surface area contributed by atoms with Crippen LogP contribution in [0, 0.1) is 0 Å². The van der Waals surface area contributed by atoms with Gasteiger partial charge in [0.2, 0.25) is 0 Å². The SMILES string of the molecule is CSc1ccc2c(c1)sc(=NC(=O)C1CCCCN1S(=O)(=O)c1ccc(Cl)s1)n2C. The van der Waals surface area contributed by atoms with Crippen LogP contribution in [0.1, 0.15) is 19.3 Å². The van der Waals surface area contributed by atoms with E-state index in [2.05, 4.69) is 11.1 Å². The van der Waals surface area contributed by atoms with Crippen LogP contribution in [-0.2, 0) is 21.9 Å². The first-order valence-corrected chi connectivity index (χ1v) is 14.0. The Balaban J connectivity index is 1.71. The maximum atomic E-state index is 13.1. The van der Waals surface area contributed by atoms with Gasteiger partial charge in [0.15, 0.2) is 4.80 Å². The second-order valence-electron chi connectivity index (χ2n) is 6.91. The molecule has 160 valence electrons. The maximum absolute atomic E-state index is 13.1. The van der Waals surface area contributed by atoms with E-state index in [0.717, 1.165) is 39.3 Å². The first kappa shape index (κ1) is 22.0. The molecule has 1 aromatic carbocycles. The van der Waals surface area contributed by atoms with E-state index in [1.807, 2.05) is 30.0 Å². The van der Waals surface area contributed by atoms with Crippen LogP contribution in [-0.4, -0.2) is 42.0 Å². The maximum Gasteiger partial charge on any atom is 0.266 e. The predicted molar refractivity (Wildman–Crippen MR) is 124 cm³/mol. The first-order valence-electron chi connectivity index (χ1n) is 9.30. The van der Waals surface area contributed by atoms with Crippen molar-refractivity contribution in [1.29, 1.82) is 0 Å². The molecule has 0 radical (unpaired) electrons. The van der Waals surface area contributed by atoms with E-state index in [-0.39, 0.29) is 4.21 Å². The number of amides is 1. The largest absolute Gasteiger partial charge is 0.319 e. The Morgan fingerprint density at radius 3 is 2.73 bits per heavy atom. The third-order valence-electron chi connectivity index (χ3n) is 5.07. The molecule has 2 aromatic heterocycles. The van der Waals surface area contributed by atoms with Gasteiger partial charge >= 0.3 is 0 Å². The van der Waals surface area contributed by atoms with Crippen LogP contribution in [0.4, 0.5) is 0 Å². The first-order chi connectivity index (χ1) is 14.3. The van der Waals surface area contributed by atoms with Gasteiger partial charge in [0.1, 0.15) is 10.3 Å². The number of thiophene rings is 1. The van der Waals surface area contributed by atoms with Crippen molar-refractivity contribution in [2.45, 2.75) is 34.4 Å². The van der Waals surface area contributed by atoms with Gasteiger partial charge in [-0.25, -0.2) is 8.42 Å². The van der Waals surface area contributed by atoms with Crippen molar-refractivity contribution in [3.63, 3.8) is 0 Å². The van der Waals surface area contributed by atoms with Gasteiger partial charge in [-0.1, -0.05) is 29.4 Å². The summed E-state index contributed by atoms with van der Waals surface area (Å²) in [4.78, 5) is 19.2. The molecule has 1 aliphatic heterocycles. The summed E-state index contributed by atoms with van der Waals surface area (Å²) in [7, 11) is -1.92. The van der Waals surface area contributed by atoms with Crippen molar-refractivity contribution in [3.05, 3.63) is 39.5 Å². The molecule has 1 amide bonds. The molecule has 4 rings (SSSR count). The molecule has 1 fully saturated rings. The fourth-order valence-electron chi connectivity index (χ4n) is 3.51. The number of carbonyl (C=O) groups is 1. The van der Waals surface area contributed by atoms with E-state index < -0.39 is 22.0 Å². The molecule has 0 bridgehead atoms. The summed E-state index contributed by atoms with van der Waals surface area (Å²) in [5.74, 6) is -0.423. The number of aromatic nitrogens is 1. The lowest BCUT2D eigenvalue weighted by Crippen LogP contribution is -2.47. The summed E-state index contributed by atoms with van der Waals surface area (Å²) in [6, 6.07) is 8.38. The van der Waals surface area contributed by atoms with Crippen molar-refractivity contribution >= 4 is 72.2 Å². The lowest BCUT2D eigenvalue weighted by molar-refractivity contribution is -0.122. The zero-order valence-corrected chi connectivity index (χ0v) is 20.4. The Morgan fingerprint density at radius 1 is 1.23 bits per heavy atom. The average molecular weight is 502 g/mol. The zero-order chi connectivity index (χ0) is 21.5.